The number of para-hydroxylation sites is 1. The van der Waals surface area contributed by atoms with Crippen molar-refractivity contribution in [2.45, 2.75) is 12.5 Å². The fourth-order valence-corrected chi connectivity index (χ4v) is 3.24. The van der Waals surface area contributed by atoms with Crippen LogP contribution in [0, 0.1) is 5.82 Å². The number of ether oxygens (including phenoxy) is 1. The Hall–Kier alpha value is -2.21. The van der Waals surface area contributed by atoms with Gasteiger partial charge in [0.1, 0.15) is 11.9 Å². The van der Waals surface area contributed by atoms with E-state index < -0.39 is 23.7 Å². The topological polar surface area (TPSA) is 46.6 Å². The van der Waals surface area contributed by atoms with Gasteiger partial charge in [-0.05, 0) is 29.8 Å². The van der Waals surface area contributed by atoms with Gasteiger partial charge >= 0.3 is 5.97 Å². The molecule has 6 heteroatoms. The highest BCUT2D eigenvalue weighted by atomic mass is 79.9. The Morgan fingerprint density at radius 3 is 2.70 bits per heavy atom. The average Bonchev–Trinajstić information content (AvgIpc) is 2.91. The molecule has 23 heavy (non-hydrogen) atoms. The minimum Gasteiger partial charge on any atom is -0.467 e. The largest absolute Gasteiger partial charge is 0.467 e. The molecule has 0 spiro atoms. The molecule has 1 atom stereocenters. The van der Waals surface area contributed by atoms with Crippen molar-refractivity contribution < 1.29 is 18.7 Å². The molecular formula is C17H13BrFNO3. The van der Waals surface area contributed by atoms with Gasteiger partial charge in [0.15, 0.2) is 0 Å². The lowest BCUT2D eigenvalue weighted by Crippen LogP contribution is -2.43. The van der Waals surface area contributed by atoms with E-state index in [1.807, 2.05) is 12.1 Å². The van der Waals surface area contributed by atoms with Gasteiger partial charge in [0.25, 0.3) is 5.91 Å². The molecular weight excluding hydrogens is 365 g/mol. The van der Waals surface area contributed by atoms with Crippen LogP contribution in [-0.2, 0) is 16.0 Å². The van der Waals surface area contributed by atoms with Crippen LogP contribution in [0.3, 0.4) is 0 Å². The number of esters is 1. The zero-order valence-corrected chi connectivity index (χ0v) is 13.8. The van der Waals surface area contributed by atoms with Gasteiger partial charge in [0, 0.05) is 22.1 Å². The first-order valence-corrected chi connectivity index (χ1v) is 7.76. The zero-order chi connectivity index (χ0) is 16.6. The normalized spacial score (nSPS) is 16.1. The second-order valence-corrected chi connectivity index (χ2v) is 6.12. The highest BCUT2D eigenvalue weighted by Gasteiger charge is 2.39. The van der Waals surface area contributed by atoms with Gasteiger partial charge < -0.3 is 4.74 Å². The van der Waals surface area contributed by atoms with Crippen molar-refractivity contribution in [1.29, 1.82) is 0 Å². The van der Waals surface area contributed by atoms with Gasteiger partial charge in [0.05, 0.1) is 7.11 Å². The Morgan fingerprint density at radius 2 is 2.00 bits per heavy atom. The van der Waals surface area contributed by atoms with Crippen LogP contribution in [0.4, 0.5) is 10.1 Å². The Kier molecular flexibility index (Phi) is 4.17. The number of amides is 1. The van der Waals surface area contributed by atoms with Crippen molar-refractivity contribution in [3.63, 3.8) is 0 Å². The summed E-state index contributed by atoms with van der Waals surface area (Å²) >= 11 is 3.18. The van der Waals surface area contributed by atoms with Crippen LogP contribution in [0.1, 0.15) is 15.9 Å². The lowest BCUT2D eigenvalue weighted by molar-refractivity contribution is -0.141. The summed E-state index contributed by atoms with van der Waals surface area (Å²) < 4.78 is 18.9. The monoisotopic (exact) mass is 377 g/mol. The number of carbonyl (C=O) groups is 2. The number of benzene rings is 2. The van der Waals surface area contributed by atoms with Crippen LogP contribution in [0.5, 0.6) is 0 Å². The fraction of sp³-hybridized carbons (Fsp3) is 0.176. The molecule has 118 valence electrons. The van der Waals surface area contributed by atoms with Gasteiger partial charge in [-0.25, -0.2) is 9.18 Å². The van der Waals surface area contributed by atoms with Crippen LogP contribution in [0.2, 0.25) is 0 Å². The molecule has 0 N–H and O–H groups in total. The zero-order valence-electron chi connectivity index (χ0n) is 12.3. The number of rotatable bonds is 2. The smallest absolute Gasteiger partial charge is 0.329 e. The molecule has 2 aromatic rings. The van der Waals surface area contributed by atoms with Crippen molar-refractivity contribution >= 4 is 33.5 Å². The standard InChI is InChI=1S/C17H13BrFNO3/c1-23-17(22)15-8-10-4-2-3-5-14(10)20(15)16(21)11-6-12(18)9-13(19)7-11/h2-7,9,15H,8H2,1H3. The van der Waals surface area contributed by atoms with Crippen molar-refractivity contribution in [1.82, 2.24) is 0 Å². The minimum absolute atomic E-state index is 0.169. The van der Waals surface area contributed by atoms with E-state index in [0.29, 0.717) is 16.6 Å². The van der Waals surface area contributed by atoms with Gasteiger partial charge in [-0.3, -0.25) is 9.69 Å². The third-order valence-corrected chi connectivity index (χ3v) is 4.24. The maximum Gasteiger partial charge on any atom is 0.329 e. The molecule has 3 rings (SSSR count). The molecule has 1 aliphatic rings. The molecule has 0 radical (unpaired) electrons. The molecule has 0 bridgehead atoms. The van der Waals surface area contributed by atoms with Gasteiger partial charge in [-0.2, -0.15) is 0 Å². The number of fused-ring (bicyclic) bond motifs is 1. The summed E-state index contributed by atoms with van der Waals surface area (Å²) in [7, 11) is 1.28. The molecule has 1 amide bonds. The van der Waals surface area contributed by atoms with Crippen molar-refractivity contribution in [2.75, 3.05) is 12.0 Å². The minimum atomic E-state index is -0.744. The van der Waals surface area contributed by atoms with Crippen LogP contribution in [0.25, 0.3) is 0 Å². The van der Waals surface area contributed by atoms with Crippen LogP contribution < -0.4 is 4.90 Å². The summed E-state index contributed by atoms with van der Waals surface area (Å²) in [4.78, 5) is 26.3. The molecule has 1 aliphatic heterocycles. The Labute approximate surface area is 141 Å². The summed E-state index contributed by atoms with van der Waals surface area (Å²) in [5.41, 5.74) is 1.70. The van der Waals surface area contributed by atoms with Crippen molar-refractivity contribution in [2.24, 2.45) is 0 Å². The second-order valence-electron chi connectivity index (χ2n) is 5.21. The van der Waals surface area contributed by atoms with E-state index >= 15 is 0 Å². The average molecular weight is 378 g/mol. The fourth-order valence-electron chi connectivity index (χ4n) is 2.78. The van der Waals surface area contributed by atoms with E-state index in [2.05, 4.69) is 15.9 Å². The first kappa shape index (κ1) is 15.7. The van der Waals surface area contributed by atoms with Gasteiger partial charge in [-0.15, -0.1) is 0 Å². The maximum atomic E-state index is 13.6. The maximum absolute atomic E-state index is 13.6. The summed E-state index contributed by atoms with van der Waals surface area (Å²) in [6, 6.07) is 10.5. The number of halogens is 2. The molecule has 0 fully saturated rings. The highest BCUT2D eigenvalue weighted by molar-refractivity contribution is 9.10. The van der Waals surface area contributed by atoms with E-state index in [1.165, 1.54) is 24.1 Å². The Bertz CT molecular complexity index is 773. The third-order valence-electron chi connectivity index (χ3n) is 3.78. The summed E-state index contributed by atoms with van der Waals surface area (Å²) in [6.07, 6.45) is 0.380. The Morgan fingerprint density at radius 1 is 1.26 bits per heavy atom. The lowest BCUT2D eigenvalue weighted by Gasteiger charge is -2.24. The lowest BCUT2D eigenvalue weighted by atomic mass is 10.1. The summed E-state index contributed by atoms with van der Waals surface area (Å²) in [6.45, 7) is 0. The molecule has 1 heterocycles. The molecule has 4 nitrogen and oxygen atoms in total. The number of carbonyl (C=O) groups excluding carboxylic acids is 2. The molecule has 1 unspecified atom stereocenters. The van der Waals surface area contributed by atoms with Crippen LogP contribution in [-0.4, -0.2) is 25.0 Å². The van der Waals surface area contributed by atoms with E-state index in [9.17, 15) is 14.0 Å². The van der Waals surface area contributed by atoms with E-state index in [-0.39, 0.29) is 5.56 Å². The first-order valence-electron chi connectivity index (χ1n) is 6.96. The molecule has 0 saturated carbocycles. The van der Waals surface area contributed by atoms with E-state index in [4.69, 9.17) is 4.74 Å². The molecule has 0 aromatic heterocycles. The third kappa shape index (κ3) is 2.86. The number of methoxy groups -OCH3 is 1. The SMILES string of the molecule is COC(=O)C1Cc2ccccc2N1C(=O)c1cc(F)cc(Br)c1. The van der Waals surface area contributed by atoms with Gasteiger partial charge in [-0.1, -0.05) is 34.1 Å². The van der Waals surface area contributed by atoms with Crippen molar-refractivity contribution in [3.05, 3.63) is 63.9 Å². The number of hydrogen-bond acceptors (Lipinski definition) is 3. The van der Waals surface area contributed by atoms with E-state index in [1.54, 1.807) is 12.1 Å². The summed E-state index contributed by atoms with van der Waals surface area (Å²) in [5, 5.41) is 0. The van der Waals surface area contributed by atoms with Gasteiger partial charge in [0.2, 0.25) is 0 Å². The number of hydrogen-bond donors (Lipinski definition) is 0. The number of nitrogens with zero attached hydrogens (tertiary/aromatic N) is 1. The number of anilines is 1. The van der Waals surface area contributed by atoms with Crippen LogP contribution in [0.15, 0.2) is 46.9 Å². The highest BCUT2D eigenvalue weighted by Crippen LogP contribution is 2.34. The predicted octanol–water partition coefficient (Wildman–Crippen LogP) is 3.33. The molecule has 2 aromatic carbocycles. The first-order chi connectivity index (χ1) is 11.0. The quantitative estimate of drug-likeness (QED) is 0.754. The van der Waals surface area contributed by atoms with E-state index in [0.717, 1.165) is 11.6 Å². The molecule has 0 saturated heterocycles. The second kappa shape index (κ2) is 6.12. The van der Waals surface area contributed by atoms with Crippen LogP contribution >= 0.6 is 15.9 Å². The summed E-state index contributed by atoms with van der Waals surface area (Å²) in [5.74, 6) is -1.46. The predicted molar refractivity (Wildman–Crippen MR) is 86.9 cm³/mol. The van der Waals surface area contributed by atoms with Crippen molar-refractivity contribution in [3.8, 4) is 0 Å². The Balaban J connectivity index is 2.06. The molecule has 0 aliphatic carbocycles.